The molecule has 6 heteroatoms. The lowest BCUT2D eigenvalue weighted by molar-refractivity contribution is 0.0880. The van der Waals surface area contributed by atoms with Crippen LogP contribution in [0.3, 0.4) is 0 Å². The summed E-state index contributed by atoms with van der Waals surface area (Å²) in [5.74, 6) is 1.05. The Morgan fingerprint density at radius 1 is 1.24 bits per heavy atom. The van der Waals surface area contributed by atoms with Gasteiger partial charge in [-0.3, -0.25) is 9.59 Å². The Kier molecular flexibility index (Phi) is 5.38. The number of carbonyl (C=O) groups excluding carboxylic acids is 1. The zero-order valence-corrected chi connectivity index (χ0v) is 14.8. The molecular formula is C19H25N3O3. The van der Waals surface area contributed by atoms with Gasteiger partial charge >= 0.3 is 0 Å². The van der Waals surface area contributed by atoms with Crippen molar-refractivity contribution in [3.05, 3.63) is 57.9 Å². The molecule has 3 heterocycles. The van der Waals surface area contributed by atoms with Crippen LogP contribution in [0.25, 0.3) is 0 Å². The molecule has 1 saturated heterocycles. The van der Waals surface area contributed by atoms with Gasteiger partial charge in [-0.1, -0.05) is 6.07 Å². The predicted molar refractivity (Wildman–Crippen MR) is 95.8 cm³/mol. The van der Waals surface area contributed by atoms with Gasteiger partial charge in [-0.15, -0.1) is 0 Å². The van der Waals surface area contributed by atoms with Crippen molar-refractivity contribution in [2.24, 2.45) is 0 Å². The van der Waals surface area contributed by atoms with E-state index < -0.39 is 0 Å². The maximum atomic E-state index is 12.3. The fourth-order valence-corrected chi connectivity index (χ4v) is 3.31. The number of pyridine rings is 1. The minimum absolute atomic E-state index is 0.0359. The van der Waals surface area contributed by atoms with Crippen LogP contribution >= 0.6 is 0 Å². The lowest BCUT2D eigenvalue weighted by Crippen LogP contribution is -2.45. The average Bonchev–Trinajstić information content (AvgIpc) is 2.94. The van der Waals surface area contributed by atoms with E-state index in [9.17, 15) is 9.59 Å². The standard InChI is InChI=1S/C19H25N3O3/c1-14-13-15(2)25-18(14)19(24)20-16-6-9-21(10-7-16)11-12-22-8-4-3-5-17(22)23/h3-5,8,13,16H,6-7,9-12H2,1-2H3,(H,20,24). The topological polar surface area (TPSA) is 67.5 Å². The highest BCUT2D eigenvalue weighted by atomic mass is 16.3. The molecular weight excluding hydrogens is 318 g/mol. The molecule has 0 bridgehead atoms. The zero-order valence-electron chi connectivity index (χ0n) is 14.8. The molecule has 0 radical (unpaired) electrons. The lowest BCUT2D eigenvalue weighted by Gasteiger charge is -2.32. The number of aromatic nitrogens is 1. The van der Waals surface area contributed by atoms with Gasteiger partial charge < -0.3 is 19.2 Å². The molecule has 0 aromatic carbocycles. The first kappa shape index (κ1) is 17.5. The number of piperidine rings is 1. The summed E-state index contributed by atoms with van der Waals surface area (Å²) in [5.41, 5.74) is 0.912. The van der Waals surface area contributed by atoms with Gasteiger partial charge in [-0.2, -0.15) is 0 Å². The van der Waals surface area contributed by atoms with Crippen LogP contribution in [0.4, 0.5) is 0 Å². The minimum Gasteiger partial charge on any atom is -0.456 e. The largest absolute Gasteiger partial charge is 0.456 e. The number of carbonyl (C=O) groups is 1. The van der Waals surface area contributed by atoms with Gasteiger partial charge in [0, 0.05) is 50.0 Å². The molecule has 25 heavy (non-hydrogen) atoms. The number of nitrogens with one attached hydrogen (secondary N) is 1. The highest BCUT2D eigenvalue weighted by Gasteiger charge is 2.23. The summed E-state index contributed by atoms with van der Waals surface area (Å²) in [4.78, 5) is 26.4. The predicted octanol–water partition coefficient (Wildman–Crippen LogP) is 1.95. The molecule has 3 rings (SSSR count). The maximum Gasteiger partial charge on any atom is 0.287 e. The summed E-state index contributed by atoms with van der Waals surface area (Å²) < 4.78 is 7.21. The highest BCUT2D eigenvalue weighted by Crippen LogP contribution is 2.16. The zero-order chi connectivity index (χ0) is 17.8. The van der Waals surface area contributed by atoms with E-state index >= 15 is 0 Å². The van der Waals surface area contributed by atoms with Gasteiger partial charge in [0.15, 0.2) is 5.76 Å². The third kappa shape index (κ3) is 4.39. The molecule has 2 aromatic rings. The number of furan rings is 1. The summed E-state index contributed by atoms with van der Waals surface area (Å²) in [6, 6.07) is 7.27. The van der Waals surface area contributed by atoms with E-state index in [2.05, 4.69) is 10.2 Å². The molecule has 1 amide bonds. The van der Waals surface area contributed by atoms with Crippen LogP contribution in [0.1, 0.15) is 34.7 Å². The van der Waals surface area contributed by atoms with Crippen LogP contribution in [0, 0.1) is 13.8 Å². The lowest BCUT2D eigenvalue weighted by atomic mass is 10.0. The van der Waals surface area contributed by atoms with Gasteiger partial charge in [0.05, 0.1) is 0 Å². The number of hydrogen-bond donors (Lipinski definition) is 1. The third-order valence-corrected chi connectivity index (χ3v) is 4.73. The van der Waals surface area contributed by atoms with Crippen LogP contribution in [0.15, 0.2) is 39.7 Å². The molecule has 1 fully saturated rings. The Morgan fingerprint density at radius 2 is 2.00 bits per heavy atom. The summed E-state index contributed by atoms with van der Waals surface area (Å²) in [5, 5.41) is 3.08. The third-order valence-electron chi connectivity index (χ3n) is 4.73. The second-order valence-corrected chi connectivity index (χ2v) is 6.69. The number of rotatable bonds is 5. The summed E-state index contributed by atoms with van der Waals surface area (Å²) >= 11 is 0. The molecule has 6 nitrogen and oxygen atoms in total. The molecule has 2 aromatic heterocycles. The number of nitrogens with zero attached hydrogens (tertiary/aromatic N) is 2. The Morgan fingerprint density at radius 3 is 2.64 bits per heavy atom. The van der Waals surface area contributed by atoms with Crippen molar-refractivity contribution in [3.63, 3.8) is 0 Å². The van der Waals surface area contributed by atoms with Crippen molar-refractivity contribution in [3.8, 4) is 0 Å². The average molecular weight is 343 g/mol. The maximum absolute atomic E-state index is 12.3. The molecule has 1 aliphatic rings. The van der Waals surface area contributed by atoms with Crippen LogP contribution in [-0.2, 0) is 6.54 Å². The number of amides is 1. The van der Waals surface area contributed by atoms with Crippen LogP contribution in [-0.4, -0.2) is 41.1 Å². The fraction of sp³-hybridized carbons (Fsp3) is 0.474. The van der Waals surface area contributed by atoms with Crippen molar-refractivity contribution >= 4 is 5.91 Å². The van der Waals surface area contributed by atoms with Crippen LogP contribution in [0.5, 0.6) is 0 Å². The molecule has 0 atom stereocenters. The van der Waals surface area contributed by atoms with Crippen molar-refractivity contribution in [2.45, 2.75) is 39.3 Å². The molecule has 1 aliphatic heterocycles. The highest BCUT2D eigenvalue weighted by molar-refractivity contribution is 5.93. The Hall–Kier alpha value is -2.34. The van der Waals surface area contributed by atoms with Gasteiger partial charge in [-0.05, 0) is 38.8 Å². The smallest absolute Gasteiger partial charge is 0.287 e. The quantitative estimate of drug-likeness (QED) is 0.901. The molecule has 0 unspecified atom stereocenters. The van der Waals surface area contributed by atoms with E-state index in [0.29, 0.717) is 12.3 Å². The van der Waals surface area contributed by atoms with E-state index in [1.807, 2.05) is 32.2 Å². The first-order valence-corrected chi connectivity index (χ1v) is 8.78. The van der Waals surface area contributed by atoms with Gasteiger partial charge in [-0.25, -0.2) is 0 Å². The first-order valence-electron chi connectivity index (χ1n) is 8.78. The van der Waals surface area contributed by atoms with Gasteiger partial charge in [0.1, 0.15) is 5.76 Å². The van der Waals surface area contributed by atoms with Crippen molar-refractivity contribution < 1.29 is 9.21 Å². The monoisotopic (exact) mass is 343 g/mol. The molecule has 134 valence electrons. The number of hydrogen-bond acceptors (Lipinski definition) is 4. The molecule has 0 spiro atoms. The van der Waals surface area contributed by atoms with Crippen LogP contribution in [0.2, 0.25) is 0 Å². The van der Waals surface area contributed by atoms with Crippen molar-refractivity contribution in [2.75, 3.05) is 19.6 Å². The SMILES string of the molecule is Cc1cc(C)c(C(=O)NC2CCN(CCn3ccccc3=O)CC2)o1. The van der Waals surface area contributed by atoms with Crippen LogP contribution < -0.4 is 10.9 Å². The number of aryl methyl sites for hydroxylation is 2. The summed E-state index contributed by atoms with van der Waals surface area (Å²) in [7, 11) is 0. The fourth-order valence-electron chi connectivity index (χ4n) is 3.31. The minimum atomic E-state index is -0.125. The van der Waals surface area contributed by atoms with E-state index in [-0.39, 0.29) is 17.5 Å². The molecule has 0 aliphatic carbocycles. The van der Waals surface area contributed by atoms with Crippen molar-refractivity contribution in [1.29, 1.82) is 0 Å². The molecule has 1 N–H and O–H groups in total. The first-order chi connectivity index (χ1) is 12.0. The van der Waals surface area contributed by atoms with E-state index in [0.717, 1.165) is 43.8 Å². The van der Waals surface area contributed by atoms with E-state index in [4.69, 9.17) is 4.42 Å². The Bertz CT molecular complexity index is 785. The summed E-state index contributed by atoms with van der Waals surface area (Å²) in [6.45, 7) is 7.12. The normalized spacial score (nSPS) is 16.1. The van der Waals surface area contributed by atoms with Crippen molar-refractivity contribution in [1.82, 2.24) is 14.8 Å². The summed E-state index contributed by atoms with van der Waals surface area (Å²) in [6.07, 6.45) is 3.64. The second-order valence-electron chi connectivity index (χ2n) is 6.69. The Labute approximate surface area is 147 Å². The Balaban J connectivity index is 1.46. The second kappa shape index (κ2) is 7.70. The van der Waals surface area contributed by atoms with E-state index in [1.54, 1.807) is 16.7 Å². The number of likely N-dealkylation sites (tertiary alicyclic amines) is 1. The van der Waals surface area contributed by atoms with Gasteiger partial charge in [0.2, 0.25) is 0 Å². The van der Waals surface area contributed by atoms with E-state index in [1.165, 1.54) is 0 Å². The van der Waals surface area contributed by atoms with Gasteiger partial charge in [0.25, 0.3) is 11.5 Å². The molecule has 0 saturated carbocycles.